The van der Waals surface area contributed by atoms with E-state index in [2.05, 4.69) is 6.92 Å². The van der Waals surface area contributed by atoms with Gasteiger partial charge in [0.2, 0.25) is 0 Å². The molecule has 3 heteroatoms. The number of carbonyl (C=O) groups is 2. The average Bonchev–Trinajstić information content (AvgIpc) is 2.54. The SMILES string of the molecule is CCCCCCCOc1ccc(C2=CC(=O)C=CC2=O)cc1. The lowest BCUT2D eigenvalue weighted by atomic mass is 9.96. The first-order chi connectivity index (χ1) is 10.7. The zero-order valence-electron chi connectivity index (χ0n) is 13.0. The molecular weight excluding hydrogens is 276 g/mol. The third-order valence-corrected chi connectivity index (χ3v) is 3.63. The second-order valence-electron chi connectivity index (χ2n) is 5.45. The van der Waals surface area contributed by atoms with E-state index in [1.165, 1.54) is 43.9 Å². The first kappa shape index (κ1) is 16.2. The molecule has 0 radical (unpaired) electrons. The number of hydrogen-bond donors (Lipinski definition) is 0. The third kappa shape index (κ3) is 4.69. The molecule has 3 nitrogen and oxygen atoms in total. The van der Waals surface area contributed by atoms with Gasteiger partial charge in [-0.2, -0.15) is 0 Å². The predicted octanol–water partition coefficient (Wildman–Crippen LogP) is 4.13. The van der Waals surface area contributed by atoms with Crippen LogP contribution < -0.4 is 4.74 Å². The average molecular weight is 298 g/mol. The van der Waals surface area contributed by atoms with Crippen molar-refractivity contribution in [1.82, 2.24) is 0 Å². The fourth-order valence-corrected chi connectivity index (χ4v) is 2.36. The van der Waals surface area contributed by atoms with E-state index in [9.17, 15) is 9.59 Å². The Morgan fingerprint density at radius 1 is 0.909 bits per heavy atom. The fourth-order valence-electron chi connectivity index (χ4n) is 2.36. The van der Waals surface area contributed by atoms with Gasteiger partial charge in [0, 0.05) is 5.57 Å². The Balaban J connectivity index is 1.85. The zero-order chi connectivity index (χ0) is 15.8. The summed E-state index contributed by atoms with van der Waals surface area (Å²) in [5, 5.41) is 0. The molecule has 0 atom stereocenters. The van der Waals surface area contributed by atoms with Crippen LogP contribution in [0.25, 0.3) is 5.57 Å². The smallest absolute Gasteiger partial charge is 0.186 e. The summed E-state index contributed by atoms with van der Waals surface area (Å²) in [4.78, 5) is 23.2. The molecule has 0 spiro atoms. The number of rotatable bonds is 8. The molecule has 1 aromatic rings. The molecule has 0 saturated heterocycles. The largest absolute Gasteiger partial charge is 0.494 e. The maximum atomic E-state index is 11.8. The van der Waals surface area contributed by atoms with Crippen molar-refractivity contribution in [3.05, 3.63) is 48.1 Å². The lowest BCUT2D eigenvalue weighted by Crippen LogP contribution is -2.06. The van der Waals surface area contributed by atoms with Crippen molar-refractivity contribution in [2.24, 2.45) is 0 Å². The molecule has 0 bridgehead atoms. The van der Waals surface area contributed by atoms with E-state index in [4.69, 9.17) is 4.74 Å². The van der Waals surface area contributed by atoms with Gasteiger partial charge in [-0.15, -0.1) is 0 Å². The van der Waals surface area contributed by atoms with Crippen LogP contribution in [0.3, 0.4) is 0 Å². The van der Waals surface area contributed by atoms with Crippen LogP contribution in [-0.2, 0) is 9.59 Å². The molecule has 1 aromatic carbocycles. The van der Waals surface area contributed by atoms with Gasteiger partial charge in [0.25, 0.3) is 0 Å². The Morgan fingerprint density at radius 3 is 2.36 bits per heavy atom. The predicted molar refractivity (Wildman–Crippen MR) is 87.8 cm³/mol. The Kier molecular flexibility index (Phi) is 6.13. The van der Waals surface area contributed by atoms with Crippen molar-refractivity contribution in [2.75, 3.05) is 6.61 Å². The minimum absolute atomic E-state index is 0.135. The first-order valence-electron chi connectivity index (χ1n) is 7.92. The van der Waals surface area contributed by atoms with Gasteiger partial charge < -0.3 is 4.74 Å². The van der Waals surface area contributed by atoms with Crippen LogP contribution in [0.4, 0.5) is 0 Å². The van der Waals surface area contributed by atoms with Crippen LogP contribution in [-0.4, -0.2) is 18.2 Å². The number of hydrogen-bond acceptors (Lipinski definition) is 3. The molecule has 1 aliphatic carbocycles. The van der Waals surface area contributed by atoms with Gasteiger partial charge in [-0.3, -0.25) is 9.59 Å². The molecule has 22 heavy (non-hydrogen) atoms. The highest BCUT2D eigenvalue weighted by molar-refractivity contribution is 6.33. The van der Waals surface area contributed by atoms with E-state index < -0.39 is 0 Å². The number of carbonyl (C=O) groups excluding carboxylic acids is 2. The molecule has 0 unspecified atom stereocenters. The van der Waals surface area contributed by atoms with Gasteiger partial charge in [-0.25, -0.2) is 0 Å². The van der Waals surface area contributed by atoms with Crippen LogP contribution in [0, 0.1) is 0 Å². The van der Waals surface area contributed by atoms with Crippen LogP contribution in [0.1, 0.15) is 44.6 Å². The van der Waals surface area contributed by atoms with Crippen molar-refractivity contribution >= 4 is 17.1 Å². The number of unbranched alkanes of at least 4 members (excludes halogenated alkanes) is 4. The molecule has 2 rings (SSSR count). The minimum atomic E-state index is -0.151. The Morgan fingerprint density at radius 2 is 1.64 bits per heavy atom. The summed E-state index contributed by atoms with van der Waals surface area (Å²) in [6.45, 7) is 2.92. The number of ketones is 2. The highest BCUT2D eigenvalue weighted by Crippen LogP contribution is 2.22. The monoisotopic (exact) mass is 298 g/mol. The number of allylic oxidation sites excluding steroid dienone is 4. The highest BCUT2D eigenvalue weighted by Gasteiger charge is 2.14. The lowest BCUT2D eigenvalue weighted by Gasteiger charge is -2.09. The van der Waals surface area contributed by atoms with E-state index in [0.717, 1.165) is 17.7 Å². The molecule has 0 N–H and O–H groups in total. The summed E-state index contributed by atoms with van der Waals surface area (Å²) in [6.07, 6.45) is 10.0. The fraction of sp³-hybridized carbons (Fsp3) is 0.368. The lowest BCUT2D eigenvalue weighted by molar-refractivity contribution is -0.113. The van der Waals surface area contributed by atoms with Gasteiger partial charge in [0.15, 0.2) is 11.6 Å². The third-order valence-electron chi connectivity index (χ3n) is 3.63. The van der Waals surface area contributed by atoms with E-state index in [0.29, 0.717) is 12.2 Å². The molecule has 0 amide bonds. The molecule has 1 aliphatic rings. The molecule has 116 valence electrons. The normalized spacial score (nSPS) is 14.1. The van der Waals surface area contributed by atoms with Crippen LogP contribution in [0.15, 0.2) is 42.5 Å². The Bertz CT molecular complexity index is 579. The van der Waals surface area contributed by atoms with E-state index in [-0.39, 0.29) is 11.6 Å². The summed E-state index contributed by atoms with van der Waals surface area (Å²) in [6, 6.07) is 7.34. The summed E-state index contributed by atoms with van der Waals surface area (Å²) >= 11 is 0. The van der Waals surface area contributed by atoms with Gasteiger partial charge in [0.1, 0.15) is 5.75 Å². The number of ether oxygens (including phenoxy) is 1. The van der Waals surface area contributed by atoms with Crippen molar-refractivity contribution < 1.29 is 14.3 Å². The van der Waals surface area contributed by atoms with Crippen LogP contribution >= 0.6 is 0 Å². The maximum Gasteiger partial charge on any atom is 0.186 e. The number of benzene rings is 1. The minimum Gasteiger partial charge on any atom is -0.494 e. The first-order valence-corrected chi connectivity index (χ1v) is 7.92. The Labute approximate surface area is 131 Å². The molecule has 0 aromatic heterocycles. The second kappa shape index (κ2) is 8.32. The van der Waals surface area contributed by atoms with Gasteiger partial charge >= 0.3 is 0 Å². The second-order valence-corrected chi connectivity index (χ2v) is 5.45. The van der Waals surface area contributed by atoms with Crippen molar-refractivity contribution in [2.45, 2.75) is 39.0 Å². The van der Waals surface area contributed by atoms with Crippen molar-refractivity contribution in [3.63, 3.8) is 0 Å². The molecular formula is C19H22O3. The Hall–Kier alpha value is -2.16. The highest BCUT2D eigenvalue weighted by atomic mass is 16.5. The summed E-state index contributed by atoms with van der Waals surface area (Å²) in [5.41, 5.74) is 1.19. The van der Waals surface area contributed by atoms with Crippen LogP contribution in [0.2, 0.25) is 0 Å². The van der Waals surface area contributed by atoms with Gasteiger partial charge in [-0.05, 0) is 42.3 Å². The summed E-state index contributed by atoms with van der Waals surface area (Å²) < 4.78 is 5.69. The van der Waals surface area contributed by atoms with E-state index in [1.54, 1.807) is 0 Å². The van der Waals surface area contributed by atoms with Crippen molar-refractivity contribution in [3.8, 4) is 5.75 Å². The molecule has 0 fully saturated rings. The molecule has 0 aliphatic heterocycles. The maximum absolute atomic E-state index is 11.8. The van der Waals surface area contributed by atoms with E-state index >= 15 is 0 Å². The van der Waals surface area contributed by atoms with E-state index in [1.807, 2.05) is 24.3 Å². The van der Waals surface area contributed by atoms with Gasteiger partial charge in [0.05, 0.1) is 6.61 Å². The van der Waals surface area contributed by atoms with Crippen molar-refractivity contribution in [1.29, 1.82) is 0 Å². The van der Waals surface area contributed by atoms with Crippen LogP contribution in [0.5, 0.6) is 5.75 Å². The zero-order valence-corrected chi connectivity index (χ0v) is 13.0. The molecule has 0 saturated carbocycles. The van der Waals surface area contributed by atoms with Gasteiger partial charge in [-0.1, -0.05) is 44.7 Å². The standard InChI is InChI=1S/C19H22O3/c1-2-3-4-5-6-13-22-17-10-7-15(8-11-17)18-14-16(20)9-12-19(18)21/h7-12,14H,2-6,13H2,1H3. The quantitative estimate of drug-likeness (QED) is 0.535. The summed E-state index contributed by atoms with van der Waals surface area (Å²) in [5.74, 6) is 0.510. The topological polar surface area (TPSA) is 43.4 Å². The summed E-state index contributed by atoms with van der Waals surface area (Å²) in [7, 11) is 0. The molecule has 0 heterocycles.